The van der Waals surface area contributed by atoms with Gasteiger partial charge in [0.1, 0.15) is 0 Å². The predicted molar refractivity (Wildman–Crippen MR) is 120 cm³/mol. The largest absolute Gasteiger partial charge is 0.311 e. The van der Waals surface area contributed by atoms with E-state index in [4.69, 9.17) is 0 Å². The van der Waals surface area contributed by atoms with E-state index in [-0.39, 0.29) is 6.71 Å². The molecule has 0 spiro atoms. The maximum absolute atomic E-state index is 4.14. The molecule has 0 saturated carbocycles. The Kier molecular flexibility index (Phi) is 3.15. The van der Waals surface area contributed by atoms with Crippen molar-refractivity contribution in [2.45, 2.75) is 0 Å². The summed E-state index contributed by atoms with van der Waals surface area (Å²) in [6, 6.07) is 32.5. The molecule has 4 aromatic carbocycles. The Morgan fingerprint density at radius 2 is 1.39 bits per heavy atom. The van der Waals surface area contributed by atoms with Crippen LogP contribution in [-0.2, 0) is 0 Å². The van der Waals surface area contributed by atoms with Crippen molar-refractivity contribution in [1.82, 2.24) is 0 Å². The minimum absolute atomic E-state index is 0.288. The molecule has 130 valence electrons. The van der Waals surface area contributed by atoms with Gasteiger partial charge >= 0.3 is 0 Å². The summed E-state index contributed by atoms with van der Waals surface area (Å²) in [4.78, 5) is 6.50. The Hall–Kier alpha value is -3.59. The van der Waals surface area contributed by atoms with Crippen LogP contribution in [0.1, 0.15) is 0 Å². The first-order valence-electron chi connectivity index (χ1n) is 9.55. The molecule has 0 amide bonds. The lowest BCUT2D eigenvalue weighted by Gasteiger charge is -2.35. The highest BCUT2D eigenvalue weighted by molar-refractivity contribution is 7.01. The number of fused-ring (bicyclic) bond motifs is 5. The highest BCUT2D eigenvalue weighted by Crippen LogP contribution is 2.40. The minimum atomic E-state index is 0.288. The van der Waals surface area contributed by atoms with Gasteiger partial charge in [-0.25, -0.2) is 0 Å². The number of rotatable bonds is 2. The standard InChI is InChI=1S/C25H17BN2/c1-27-17-8-6-9-18(16-17)28-23-14-5-4-13-22(23)26-21-12-3-2-10-19(21)20-11-7-15-24(28)25(20)26/h2-16H,1H2. The summed E-state index contributed by atoms with van der Waals surface area (Å²) in [5.74, 6) is 0. The molecule has 4 aromatic rings. The molecule has 0 radical (unpaired) electrons. The first-order valence-corrected chi connectivity index (χ1v) is 9.55. The Bertz CT molecular complexity index is 1260. The van der Waals surface area contributed by atoms with Gasteiger partial charge in [0.05, 0.1) is 5.69 Å². The van der Waals surface area contributed by atoms with Gasteiger partial charge in [-0.05, 0) is 59.1 Å². The summed E-state index contributed by atoms with van der Waals surface area (Å²) in [5.41, 5.74) is 11.3. The van der Waals surface area contributed by atoms with E-state index in [2.05, 4.69) is 95.5 Å². The van der Waals surface area contributed by atoms with Crippen molar-refractivity contribution in [2.75, 3.05) is 4.90 Å². The number of aliphatic imine (C=N–C) groups is 1. The van der Waals surface area contributed by atoms with Crippen LogP contribution in [0.15, 0.2) is 96.0 Å². The van der Waals surface area contributed by atoms with Crippen molar-refractivity contribution in [3.63, 3.8) is 0 Å². The maximum Gasteiger partial charge on any atom is 0.248 e. The van der Waals surface area contributed by atoms with Crippen LogP contribution in [0.2, 0.25) is 0 Å². The van der Waals surface area contributed by atoms with Gasteiger partial charge in [-0.15, -0.1) is 0 Å². The second-order valence-corrected chi connectivity index (χ2v) is 7.33. The molecule has 28 heavy (non-hydrogen) atoms. The topological polar surface area (TPSA) is 15.6 Å². The second kappa shape index (κ2) is 5.70. The van der Waals surface area contributed by atoms with Crippen LogP contribution in [0.3, 0.4) is 0 Å². The zero-order valence-corrected chi connectivity index (χ0v) is 15.3. The molecule has 0 saturated heterocycles. The highest BCUT2D eigenvalue weighted by Gasteiger charge is 2.41. The van der Waals surface area contributed by atoms with Crippen molar-refractivity contribution in [3.05, 3.63) is 91.0 Å². The molecule has 0 aliphatic carbocycles. The second-order valence-electron chi connectivity index (χ2n) is 7.33. The Labute approximate surface area is 164 Å². The molecule has 0 atom stereocenters. The first kappa shape index (κ1) is 15.5. The Morgan fingerprint density at radius 3 is 2.29 bits per heavy atom. The van der Waals surface area contributed by atoms with Gasteiger partial charge in [0.2, 0.25) is 6.71 Å². The van der Waals surface area contributed by atoms with Crippen LogP contribution < -0.4 is 21.3 Å². The third-order valence-electron chi connectivity index (χ3n) is 5.93. The molecule has 0 unspecified atom stereocenters. The van der Waals surface area contributed by atoms with Gasteiger partial charge in [-0.3, -0.25) is 4.99 Å². The fourth-order valence-corrected chi connectivity index (χ4v) is 4.83. The fourth-order valence-electron chi connectivity index (χ4n) is 4.83. The van der Waals surface area contributed by atoms with Crippen LogP contribution in [0.5, 0.6) is 0 Å². The Morgan fingerprint density at radius 1 is 0.679 bits per heavy atom. The van der Waals surface area contributed by atoms with Crippen LogP contribution in [0, 0.1) is 0 Å². The lowest BCUT2D eigenvalue weighted by Crippen LogP contribution is -2.54. The van der Waals surface area contributed by atoms with Crippen LogP contribution in [0.4, 0.5) is 22.7 Å². The summed E-state index contributed by atoms with van der Waals surface area (Å²) in [5, 5.41) is 0. The van der Waals surface area contributed by atoms with Crippen LogP contribution in [0.25, 0.3) is 11.1 Å². The van der Waals surface area contributed by atoms with Crippen molar-refractivity contribution in [3.8, 4) is 11.1 Å². The Balaban J connectivity index is 1.70. The third kappa shape index (κ3) is 1.96. The monoisotopic (exact) mass is 356 g/mol. The van der Waals surface area contributed by atoms with E-state index in [1.165, 1.54) is 38.9 Å². The van der Waals surface area contributed by atoms with E-state index in [9.17, 15) is 0 Å². The van der Waals surface area contributed by atoms with E-state index >= 15 is 0 Å². The summed E-state index contributed by atoms with van der Waals surface area (Å²) >= 11 is 0. The van der Waals surface area contributed by atoms with E-state index in [1.54, 1.807) is 0 Å². The quantitative estimate of drug-likeness (QED) is 0.334. The number of benzene rings is 4. The normalized spacial score (nSPS) is 13.0. The first-order chi connectivity index (χ1) is 13.9. The average Bonchev–Trinajstić information content (AvgIpc) is 3.10. The molecule has 3 heteroatoms. The molecule has 2 aliphatic rings. The summed E-state index contributed by atoms with van der Waals surface area (Å²) < 4.78 is 0. The third-order valence-corrected chi connectivity index (χ3v) is 5.93. The highest BCUT2D eigenvalue weighted by atomic mass is 15.2. The zero-order chi connectivity index (χ0) is 18.7. The number of hydrogen-bond donors (Lipinski definition) is 0. The molecule has 2 nitrogen and oxygen atoms in total. The van der Waals surface area contributed by atoms with Gasteiger partial charge in [0.25, 0.3) is 0 Å². The number of nitrogens with zero attached hydrogens (tertiary/aromatic N) is 2. The maximum atomic E-state index is 4.14. The predicted octanol–water partition coefficient (Wildman–Crippen LogP) is 4.30. The van der Waals surface area contributed by atoms with E-state index in [0.29, 0.717) is 0 Å². The number of hydrogen-bond acceptors (Lipinski definition) is 2. The molecule has 6 rings (SSSR count). The molecular formula is C25H17BN2. The van der Waals surface area contributed by atoms with Gasteiger partial charge in [-0.2, -0.15) is 0 Å². The summed E-state index contributed by atoms with van der Waals surface area (Å²) in [6.45, 7) is 3.99. The smallest absolute Gasteiger partial charge is 0.248 e. The zero-order valence-electron chi connectivity index (χ0n) is 15.3. The fraction of sp³-hybridized carbons (Fsp3) is 0. The van der Waals surface area contributed by atoms with Gasteiger partial charge in [0.15, 0.2) is 0 Å². The summed E-state index contributed by atoms with van der Waals surface area (Å²) in [7, 11) is 0. The van der Waals surface area contributed by atoms with Crippen LogP contribution >= 0.6 is 0 Å². The summed E-state index contributed by atoms with van der Waals surface area (Å²) in [6.07, 6.45) is 0. The molecule has 0 bridgehead atoms. The number of anilines is 3. The van der Waals surface area contributed by atoms with Crippen molar-refractivity contribution in [1.29, 1.82) is 0 Å². The van der Waals surface area contributed by atoms with Crippen molar-refractivity contribution in [2.24, 2.45) is 4.99 Å². The van der Waals surface area contributed by atoms with Crippen LogP contribution in [-0.4, -0.2) is 13.4 Å². The van der Waals surface area contributed by atoms with Gasteiger partial charge < -0.3 is 4.90 Å². The molecular weight excluding hydrogens is 339 g/mol. The van der Waals surface area contributed by atoms with E-state index < -0.39 is 0 Å². The van der Waals surface area contributed by atoms with Crippen molar-refractivity contribution < 1.29 is 0 Å². The molecule has 0 fully saturated rings. The van der Waals surface area contributed by atoms with Crippen molar-refractivity contribution >= 4 is 52.6 Å². The average molecular weight is 356 g/mol. The number of para-hydroxylation sites is 1. The van der Waals surface area contributed by atoms with E-state index in [0.717, 1.165) is 11.4 Å². The molecule has 0 aromatic heterocycles. The molecule has 2 heterocycles. The SMILES string of the molecule is C=Nc1cccc(N2c3ccccc3B3c4ccccc4-c4cccc2c43)c1. The lowest BCUT2D eigenvalue weighted by molar-refractivity contribution is 1.29. The van der Waals surface area contributed by atoms with Gasteiger partial charge in [-0.1, -0.05) is 66.1 Å². The molecule has 0 N–H and O–H groups in total. The van der Waals surface area contributed by atoms with E-state index in [1.807, 2.05) is 12.1 Å². The lowest BCUT2D eigenvalue weighted by atomic mass is 9.37. The minimum Gasteiger partial charge on any atom is -0.311 e. The van der Waals surface area contributed by atoms with Gasteiger partial charge in [0, 0.05) is 17.1 Å². The molecule has 2 aliphatic heterocycles.